The van der Waals surface area contributed by atoms with Crippen molar-refractivity contribution < 1.29 is 4.79 Å². The number of carbonyl (C=O) groups excluding carboxylic acids is 1. The predicted octanol–water partition coefficient (Wildman–Crippen LogP) is 3.77. The molecule has 0 bridgehead atoms. The summed E-state index contributed by atoms with van der Waals surface area (Å²) in [5, 5.41) is 0.963. The molecular weight excluding hydrogens is 357 g/mol. The molecule has 0 spiro atoms. The van der Waals surface area contributed by atoms with Gasteiger partial charge in [0.25, 0.3) is 5.91 Å². The van der Waals surface area contributed by atoms with Crippen LogP contribution < -0.4 is 5.73 Å². The Hall–Kier alpha value is -1.36. The van der Waals surface area contributed by atoms with Crippen molar-refractivity contribution >= 4 is 41.6 Å². The second kappa shape index (κ2) is 7.90. The molecule has 1 aromatic heterocycles. The molecular formula is C19H25Cl2N3O. The highest BCUT2D eigenvalue weighted by molar-refractivity contribution is 6.06. The Labute approximate surface area is 161 Å². The first-order valence-electron chi connectivity index (χ1n) is 8.58. The number of pyridine rings is 1. The topological polar surface area (TPSA) is 59.2 Å². The van der Waals surface area contributed by atoms with Crippen molar-refractivity contribution in [1.82, 2.24) is 9.88 Å². The van der Waals surface area contributed by atoms with Crippen molar-refractivity contribution in [3.63, 3.8) is 0 Å². The number of para-hydroxylation sites is 1. The average molecular weight is 382 g/mol. The lowest BCUT2D eigenvalue weighted by atomic mass is 10.0. The minimum atomic E-state index is 0. The lowest BCUT2D eigenvalue weighted by Gasteiger charge is -2.22. The summed E-state index contributed by atoms with van der Waals surface area (Å²) in [4.78, 5) is 19.9. The van der Waals surface area contributed by atoms with Crippen LogP contribution in [0.25, 0.3) is 10.9 Å². The molecule has 2 unspecified atom stereocenters. The summed E-state index contributed by atoms with van der Waals surface area (Å²) in [6.45, 7) is 3.54. The minimum Gasteiger partial charge on any atom is -0.336 e. The maximum absolute atomic E-state index is 13.2. The van der Waals surface area contributed by atoms with Gasteiger partial charge in [-0.05, 0) is 50.8 Å². The highest BCUT2D eigenvalue weighted by Gasteiger charge is 2.34. The molecule has 0 radical (unpaired) electrons. The second-order valence-electron chi connectivity index (χ2n) is 7.03. The van der Waals surface area contributed by atoms with Crippen LogP contribution in [-0.2, 0) is 0 Å². The van der Waals surface area contributed by atoms with E-state index in [1.807, 2.05) is 35.2 Å². The van der Waals surface area contributed by atoms with E-state index < -0.39 is 0 Å². The van der Waals surface area contributed by atoms with E-state index in [1.54, 1.807) is 0 Å². The first-order valence-corrected chi connectivity index (χ1v) is 8.58. The van der Waals surface area contributed by atoms with Crippen LogP contribution in [-0.4, -0.2) is 34.9 Å². The Kier molecular flexibility index (Phi) is 6.30. The van der Waals surface area contributed by atoms with E-state index in [1.165, 1.54) is 12.8 Å². The molecule has 4 nitrogen and oxygen atoms in total. The van der Waals surface area contributed by atoms with Crippen LogP contribution in [0, 0.1) is 5.92 Å². The summed E-state index contributed by atoms with van der Waals surface area (Å²) in [7, 11) is 0. The third-order valence-corrected chi connectivity index (χ3v) is 5.22. The number of benzene rings is 1. The number of fused-ring (bicyclic) bond motifs is 1. The van der Waals surface area contributed by atoms with Crippen LogP contribution >= 0.6 is 24.8 Å². The molecule has 1 aromatic carbocycles. The fourth-order valence-electron chi connectivity index (χ4n) is 3.71. The van der Waals surface area contributed by atoms with Gasteiger partial charge in [-0.15, -0.1) is 24.8 Å². The maximum Gasteiger partial charge on any atom is 0.254 e. The Morgan fingerprint density at radius 2 is 2.00 bits per heavy atom. The van der Waals surface area contributed by atoms with E-state index in [-0.39, 0.29) is 36.8 Å². The number of hydrogen-bond donors (Lipinski definition) is 1. The lowest BCUT2D eigenvalue weighted by Crippen LogP contribution is -2.34. The lowest BCUT2D eigenvalue weighted by molar-refractivity contribution is 0.0745. The molecule has 1 saturated carbocycles. The molecule has 2 fully saturated rings. The number of likely N-dealkylation sites (tertiary alicyclic amines) is 1. The van der Waals surface area contributed by atoms with Crippen molar-refractivity contribution in [2.24, 2.45) is 11.7 Å². The Balaban J connectivity index is 0.00000113. The van der Waals surface area contributed by atoms with E-state index in [0.29, 0.717) is 18.4 Å². The molecule has 1 amide bonds. The summed E-state index contributed by atoms with van der Waals surface area (Å²) in [5.41, 5.74) is 8.63. The molecule has 2 heterocycles. The van der Waals surface area contributed by atoms with Crippen molar-refractivity contribution in [3.8, 4) is 0 Å². The molecule has 1 aliphatic carbocycles. The van der Waals surface area contributed by atoms with Crippen LogP contribution in [0.5, 0.6) is 0 Å². The molecule has 136 valence electrons. The van der Waals surface area contributed by atoms with Crippen LogP contribution in [0.2, 0.25) is 0 Å². The molecule has 4 rings (SSSR count). The van der Waals surface area contributed by atoms with Gasteiger partial charge in [-0.1, -0.05) is 18.2 Å². The first kappa shape index (κ1) is 20.0. The quantitative estimate of drug-likeness (QED) is 0.879. The van der Waals surface area contributed by atoms with Gasteiger partial charge in [0.2, 0.25) is 0 Å². The third-order valence-electron chi connectivity index (χ3n) is 5.22. The maximum atomic E-state index is 13.2. The minimum absolute atomic E-state index is 0. The Morgan fingerprint density at radius 3 is 2.64 bits per heavy atom. The van der Waals surface area contributed by atoms with Gasteiger partial charge in [-0.25, -0.2) is 0 Å². The van der Waals surface area contributed by atoms with E-state index in [0.717, 1.165) is 35.1 Å². The summed E-state index contributed by atoms with van der Waals surface area (Å²) < 4.78 is 0. The zero-order valence-electron chi connectivity index (χ0n) is 14.4. The van der Waals surface area contributed by atoms with Crippen LogP contribution in [0.15, 0.2) is 30.3 Å². The molecule has 6 heteroatoms. The SMILES string of the molecule is CC1CC(CN)CN1C(=O)c1cc(C2CC2)nc2ccccc12.Cl.Cl. The summed E-state index contributed by atoms with van der Waals surface area (Å²) in [6.07, 6.45) is 3.38. The number of rotatable bonds is 3. The van der Waals surface area contributed by atoms with Crippen LogP contribution in [0.1, 0.15) is 48.2 Å². The predicted molar refractivity (Wildman–Crippen MR) is 106 cm³/mol. The van der Waals surface area contributed by atoms with Gasteiger partial charge >= 0.3 is 0 Å². The van der Waals surface area contributed by atoms with E-state index in [2.05, 4.69) is 6.92 Å². The van der Waals surface area contributed by atoms with Gasteiger partial charge in [0.05, 0.1) is 11.1 Å². The standard InChI is InChI=1S/C19H23N3O.2ClH/c1-12-8-13(10-20)11-22(12)19(23)16-9-18(14-6-7-14)21-17-5-3-2-4-15(16)17;;/h2-5,9,12-14H,6-8,10-11,20H2,1H3;2*1H. The Morgan fingerprint density at radius 1 is 1.28 bits per heavy atom. The van der Waals surface area contributed by atoms with Crippen molar-refractivity contribution in [2.45, 2.75) is 38.1 Å². The number of carbonyl (C=O) groups is 1. The number of halogens is 2. The average Bonchev–Trinajstić information content (AvgIpc) is 3.36. The number of hydrogen-bond acceptors (Lipinski definition) is 3. The summed E-state index contributed by atoms with van der Waals surface area (Å²) in [6, 6.07) is 10.3. The monoisotopic (exact) mass is 381 g/mol. The molecule has 2 N–H and O–H groups in total. The van der Waals surface area contributed by atoms with Gasteiger partial charge in [0.15, 0.2) is 0 Å². The number of amides is 1. The smallest absolute Gasteiger partial charge is 0.254 e. The number of aromatic nitrogens is 1. The largest absolute Gasteiger partial charge is 0.336 e. The normalized spacial score (nSPS) is 22.4. The van der Waals surface area contributed by atoms with E-state index in [9.17, 15) is 4.79 Å². The fraction of sp³-hybridized carbons (Fsp3) is 0.474. The summed E-state index contributed by atoms with van der Waals surface area (Å²) in [5.74, 6) is 1.10. The van der Waals surface area contributed by atoms with Crippen molar-refractivity contribution in [2.75, 3.05) is 13.1 Å². The molecule has 25 heavy (non-hydrogen) atoms. The van der Waals surface area contributed by atoms with Gasteiger partial charge in [0, 0.05) is 29.6 Å². The first-order chi connectivity index (χ1) is 11.2. The molecule has 2 aliphatic rings. The van der Waals surface area contributed by atoms with Crippen LogP contribution in [0.4, 0.5) is 0 Å². The molecule has 1 aliphatic heterocycles. The molecule has 1 saturated heterocycles. The second-order valence-corrected chi connectivity index (χ2v) is 7.03. The fourth-order valence-corrected chi connectivity index (χ4v) is 3.71. The summed E-state index contributed by atoms with van der Waals surface area (Å²) >= 11 is 0. The van der Waals surface area contributed by atoms with Crippen molar-refractivity contribution in [1.29, 1.82) is 0 Å². The van der Waals surface area contributed by atoms with Gasteiger partial charge in [-0.3, -0.25) is 9.78 Å². The van der Waals surface area contributed by atoms with Gasteiger partial charge in [-0.2, -0.15) is 0 Å². The van der Waals surface area contributed by atoms with Gasteiger partial charge < -0.3 is 10.6 Å². The Bertz CT molecular complexity index is 763. The van der Waals surface area contributed by atoms with Gasteiger partial charge in [0.1, 0.15) is 0 Å². The highest BCUT2D eigenvalue weighted by Crippen LogP contribution is 2.40. The molecule has 2 aromatic rings. The zero-order chi connectivity index (χ0) is 16.0. The van der Waals surface area contributed by atoms with E-state index in [4.69, 9.17) is 10.7 Å². The van der Waals surface area contributed by atoms with Crippen LogP contribution in [0.3, 0.4) is 0 Å². The highest BCUT2D eigenvalue weighted by atomic mass is 35.5. The molecule has 2 atom stereocenters. The number of nitrogens with zero attached hydrogens (tertiary/aromatic N) is 2. The zero-order valence-corrected chi connectivity index (χ0v) is 16.0. The van der Waals surface area contributed by atoms with Crippen molar-refractivity contribution in [3.05, 3.63) is 41.6 Å². The number of nitrogens with two attached hydrogens (primary N) is 1. The van der Waals surface area contributed by atoms with E-state index >= 15 is 0 Å². The third kappa shape index (κ3) is 3.76.